The van der Waals surface area contributed by atoms with Crippen LogP contribution in [-0.2, 0) is 0 Å². The molecular formula is C14H21NOS. The van der Waals surface area contributed by atoms with E-state index >= 15 is 0 Å². The Morgan fingerprint density at radius 3 is 2.82 bits per heavy atom. The van der Waals surface area contributed by atoms with Crippen LogP contribution in [0.2, 0.25) is 0 Å². The second-order valence-electron chi connectivity index (χ2n) is 5.69. The normalized spacial score (nSPS) is 35.1. The van der Waals surface area contributed by atoms with Crippen molar-refractivity contribution in [2.75, 3.05) is 6.54 Å². The van der Waals surface area contributed by atoms with Crippen LogP contribution in [0, 0.1) is 17.8 Å². The third-order valence-corrected chi connectivity index (χ3v) is 5.81. The number of hydrogen-bond donors (Lipinski definition) is 2. The quantitative estimate of drug-likeness (QED) is 0.864. The van der Waals surface area contributed by atoms with Gasteiger partial charge in [0.2, 0.25) is 0 Å². The van der Waals surface area contributed by atoms with E-state index in [0.29, 0.717) is 12.5 Å². The first-order valence-corrected chi connectivity index (χ1v) is 7.59. The first-order chi connectivity index (χ1) is 8.29. The highest BCUT2D eigenvalue weighted by molar-refractivity contribution is 7.10. The zero-order valence-electron chi connectivity index (χ0n) is 10.1. The van der Waals surface area contributed by atoms with Gasteiger partial charge in [-0.3, -0.25) is 0 Å². The van der Waals surface area contributed by atoms with Crippen molar-refractivity contribution < 1.29 is 5.11 Å². The Balaban J connectivity index is 1.74. The zero-order valence-corrected chi connectivity index (χ0v) is 10.9. The van der Waals surface area contributed by atoms with Gasteiger partial charge in [0.15, 0.2) is 0 Å². The monoisotopic (exact) mass is 251 g/mol. The van der Waals surface area contributed by atoms with Gasteiger partial charge in [0, 0.05) is 17.3 Å². The van der Waals surface area contributed by atoms with Gasteiger partial charge in [0.1, 0.15) is 0 Å². The maximum atomic E-state index is 10.6. The first-order valence-electron chi connectivity index (χ1n) is 6.71. The molecule has 2 bridgehead atoms. The maximum Gasteiger partial charge on any atom is 0.0659 e. The molecule has 0 spiro atoms. The summed E-state index contributed by atoms with van der Waals surface area (Å²) in [4.78, 5) is 1.25. The third-order valence-electron chi connectivity index (χ3n) is 4.81. The zero-order chi connectivity index (χ0) is 11.8. The van der Waals surface area contributed by atoms with E-state index in [-0.39, 0.29) is 12.0 Å². The molecule has 0 saturated heterocycles. The number of fused-ring (bicyclic) bond motifs is 2. The fourth-order valence-corrected chi connectivity index (χ4v) is 4.82. The molecule has 3 heteroatoms. The lowest BCUT2D eigenvalue weighted by Gasteiger charge is -2.31. The topological polar surface area (TPSA) is 46.2 Å². The molecule has 2 fully saturated rings. The van der Waals surface area contributed by atoms with Gasteiger partial charge in [-0.05, 0) is 48.5 Å². The predicted molar refractivity (Wildman–Crippen MR) is 71.1 cm³/mol. The highest BCUT2D eigenvalue weighted by Gasteiger charge is 2.44. The minimum Gasteiger partial charge on any atom is -0.392 e. The molecule has 5 unspecified atom stereocenters. The molecule has 2 saturated carbocycles. The molecule has 17 heavy (non-hydrogen) atoms. The Labute approximate surface area is 107 Å². The minimum atomic E-state index is -0.228. The number of aliphatic hydroxyl groups is 1. The van der Waals surface area contributed by atoms with Crippen molar-refractivity contribution in [3.05, 3.63) is 22.4 Å². The van der Waals surface area contributed by atoms with Crippen LogP contribution in [0.25, 0.3) is 0 Å². The molecule has 0 radical (unpaired) electrons. The van der Waals surface area contributed by atoms with Crippen LogP contribution in [-0.4, -0.2) is 17.8 Å². The van der Waals surface area contributed by atoms with E-state index in [1.165, 1.54) is 30.6 Å². The second-order valence-corrected chi connectivity index (χ2v) is 6.67. The number of thiophene rings is 1. The summed E-state index contributed by atoms with van der Waals surface area (Å²) < 4.78 is 0. The number of aliphatic hydroxyl groups excluding tert-OH is 1. The summed E-state index contributed by atoms with van der Waals surface area (Å²) in [5.74, 6) is 2.31. The summed E-state index contributed by atoms with van der Waals surface area (Å²) in [6.07, 6.45) is 5.07. The van der Waals surface area contributed by atoms with E-state index in [2.05, 4.69) is 17.5 Å². The molecule has 0 aromatic carbocycles. The average Bonchev–Trinajstić information content (AvgIpc) is 3.06. The van der Waals surface area contributed by atoms with Gasteiger partial charge >= 0.3 is 0 Å². The van der Waals surface area contributed by atoms with Gasteiger partial charge in [-0.25, -0.2) is 0 Å². The minimum absolute atomic E-state index is 0.152. The Morgan fingerprint density at radius 1 is 1.41 bits per heavy atom. The molecular weight excluding hydrogens is 230 g/mol. The molecule has 3 N–H and O–H groups in total. The van der Waals surface area contributed by atoms with E-state index in [9.17, 15) is 5.11 Å². The van der Waals surface area contributed by atoms with Crippen molar-refractivity contribution in [1.29, 1.82) is 0 Å². The van der Waals surface area contributed by atoms with Crippen molar-refractivity contribution in [2.45, 2.75) is 37.7 Å². The Hall–Kier alpha value is -0.380. The largest absolute Gasteiger partial charge is 0.392 e. The van der Waals surface area contributed by atoms with E-state index < -0.39 is 0 Å². The van der Waals surface area contributed by atoms with E-state index in [1.807, 2.05) is 0 Å². The van der Waals surface area contributed by atoms with E-state index in [4.69, 9.17) is 5.73 Å². The summed E-state index contributed by atoms with van der Waals surface area (Å²) in [6.45, 7) is 0.565. The summed E-state index contributed by atoms with van der Waals surface area (Å²) >= 11 is 1.72. The van der Waals surface area contributed by atoms with Crippen LogP contribution in [0.4, 0.5) is 0 Å². The van der Waals surface area contributed by atoms with Gasteiger partial charge in [-0.2, -0.15) is 0 Å². The van der Waals surface area contributed by atoms with Crippen molar-refractivity contribution in [2.24, 2.45) is 23.5 Å². The molecule has 5 atom stereocenters. The fraction of sp³-hybridized carbons (Fsp3) is 0.714. The van der Waals surface area contributed by atoms with Gasteiger partial charge < -0.3 is 10.8 Å². The first kappa shape index (κ1) is 11.7. The number of nitrogens with two attached hydrogens (primary N) is 1. The molecule has 1 aromatic rings. The Kier molecular flexibility index (Phi) is 3.24. The molecule has 2 aliphatic carbocycles. The summed E-state index contributed by atoms with van der Waals surface area (Å²) in [5.41, 5.74) is 5.88. The molecule has 94 valence electrons. The highest BCUT2D eigenvalue weighted by Crippen LogP contribution is 2.51. The van der Waals surface area contributed by atoms with Crippen LogP contribution in [0.15, 0.2) is 17.5 Å². The Bertz CT molecular complexity index is 364. The predicted octanol–water partition coefficient (Wildman–Crippen LogP) is 2.59. The molecule has 0 amide bonds. The summed E-state index contributed by atoms with van der Waals surface area (Å²) in [6, 6.07) is 4.16. The standard InChI is InChI=1S/C14H21NOS/c15-8-12(13-2-1-5-17-13)14(16)11-7-9-3-4-10(11)6-9/h1-2,5,9-12,14,16H,3-4,6-8,15H2. The molecule has 1 heterocycles. The fourth-order valence-electron chi connectivity index (χ4n) is 3.94. The summed E-state index contributed by atoms with van der Waals surface area (Å²) in [5, 5.41) is 12.7. The lowest BCUT2D eigenvalue weighted by atomic mass is 9.79. The molecule has 0 aliphatic heterocycles. The molecule has 3 rings (SSSR count). The van der Waals surface area contributed by atoms with Crippen LogP contribution in [0.5, 0.6) is 0 Å². The van der Waals surface area contributed by atoms with E-state index in [0.717, 1.165) is 11.8 Å². The second kappa shape index (κ2) is 4.71. The third kappa shape index (κ3) is 2.05. The van der Waals surface area contributed by atoms with Crippen molar-refractivity contribution in [1.82, 2.24) is 0 Å². The van der Waals surface area contributed by atoms with Crippen LogP contribution >= 0.6 is 11.3 Å². The van der Waals surface area contributed by atoms with Gasteiger partial charge in [0.25, 0.3) is 0 Å². The highest BCUT2D eigenvalue weighted by atomic mass is 32.1. The molecule has 2 aliphatic rings. The average molecular weight is 251 g/mol. The van der Waals surface area contributed by atoms with Gasteiger partial charge in [0.05, 0.1) is 6.10 Å². The Morgan fingerprint density at radius 2 is 2.29 bits per heavy atom. The smallest absolute Gasteiger partial charge is 0.0659 e. The van der Waals surface area contributed by atoms with Crippen molar-refractivity contribution >= 4 is 11.3 Å². The summed E-state index contributed by atoms with van der Waals surface area (Å²) in [7, 11) is 0. The van der Waals surface area contributed by atoms with Crippen LogP contribution in [0.1, 0.15) is 36.5 Å². The molecule has 1 aromatic heterocycles. The van der Waals surface area contributed by atoms with E-state index in [1.54, 1.807) is 11.3 Å². The van der Waals surface area contributed by atoms with Crippen LogP contribution < -0.4 is 5.73 Å². The number of hydrogen-bond acceptors (Lipinski definition) is 3. The lowest BCUT2D eigenvalue weighted by Crippen LogP contribution is -2.34. The van der Waals surface area contributed by atoms with Crippen LogP contribution in [0.3, 0.4) is 0 Å². The number of rotatable bonds is 4. The maximum absolute atomic E-state index is 10.6. The van der Waals surface area contributed by atoms with Gasteiger partial charge in [-0.1, -0.05) is 12.5 Å². The van der Waals surface area contributed by atoms with Gasteiger partial charge in [-0.15, -0.1) is 11.3 Å². The van der Waals surface area contributed by atoms with Crippen molar-refractivity contribution in [3.63, 3.8) is 0 Å². The van der Waals surface area contributed by atoms with Crippen molar-refractivity contribution in [3.8, 4) is 0 Å². The lowest BCUT2D eigenvalue weighted by molar-refractivity contribution is 0.0541. The molecule has 2 nitrogen and oxygen atoms in total. The SMILES string of the molecule is NCC(c1cccs1)C(O)C1CC2CCC1C2.